The number of hydrogen-bond acceptors (Lipinski definition) is 18. The molecule has 0 saturated carbocycles. The predicted molar refractivity (Wildman–Crippen MR) is 356 cm³/mol. The summed E-state index contributed by atoms with van der Waals surface area (Å²) in [6.45, 7) is 1.76. The molecule has 19 heteroatoms. The van der Waals surface area contributed by atoms with E-state index in [2.05, 4.69) is 31.3 Å². The number of allylic oxidation sites excluding steroid dienone is 3. The van der Waals surface area contributed by atoms with Crippen LogP contribution in [0, 0.1) is 0 Å². The Labute approximate surface area is 549 Å². The Kier molecular flexibility index (Phi) is 49.8. The summed E-state index contributed by atoms with van der Waals surface area (Å²) >= 11 is 0. The van der Waals surface area contributed by atoms with Crippen molar-refractivity contribution in [1.29, 1.82) is 0 Å². The largest absolute Gasteiger partial charge is 0.394 e. The van der Waals surface area contributed by atoms with Crippen molar-refractivity contribution in [2.45, 2.75) is 401 Å². The summed E-state index contributed by atoms with van der Waals surface area (Å²) < 4.78 is 34.4. The maximum absolute atomic E-state index is 13.4. The van der Waals surface area contributed by atoms with Crippen molar-refractivity contribution >= 4 is 5.91 Å². The van der Waals surface area contributed by atoms with Gasteiger partial charge in [-0.05, 0) is 44.9 Å². The molecule has 12 N–H and O–H groups in total. The monoisotopic (exact) mass is 1300 g/mol. The Morgan fingerprint density at radius 2 is 0.692 bits per heavy atom. The van der Waals surface area contributed by atoms with Crippen molar-refractivity contribution in [2.24, 2.45) is 0 Å². The second-order valence-corrected chi connectivity index (χ2v) is 26.8. The van der Waals surface area contributed by atoms with Crippen LogP contribution in [0.4, 0.5) is 0 Å². The van der Waals surface area contributed by atoms with E-state index in [1.54, 1.807) is 6.08 Å². The van der Waals surface area contributed by atoms with Crippen molar-refractivity contribution < 1.29 is 89.4 Å². The molecule has 3 aliphatic rings. The van der Waals surface area contributed by atoms with E-state index in [0.717, 1.165) is 44.9 Å². The minimum absolute atomic E-state index is 0.248. The maximum atomic E-state index is 13.4. The first-order chi connectivity index (χ1) is 44.3. The van der Waals surface area contributed by atoms with Crippen LogP contribution >= 0.6 is 0 Å². The van der Waals surface area contributed by atoms with Crippen LogP contribution in [0.1, 0.15) is 296 Å². The fraction of sp³-hybridized carbons (Fsp3) is 0.931. The van der Waals surface area contributed by atoms with Gasteiger partial charge in [0.15, 0.2) is 18.9 Å². The van der Waals surface area contributed by atoms with Gasteiger partial charge in [0.1, 0.15) is 73.2 Å². The van der Waals surface area contributed by atoms with E-state index in [-0.39, 0.29) is 18.9 Å². The van der Waals surface area contributed by atoms with Crippen molar-refractivity contribution in [3.05, 3.63) is 24.3 Å². The number of rotatable bonds is 58. The molecule has 0 aliphatic carbocycles. The molecule has 3 aliphatic heterocycles. The topological polar surface area (TPSA) is 307 Å². The van der Waals surface area contributed by atoms with Crippen LogP contribution < -0.4 is 5.32 Å². The zero-order valence-electron chi connectivity index (χ0n) is 56.8. The number of nitrogens with one attached hydrogen (secondary N) is 1. The van der Waals surface area contributed by atoms with Gasteiger partial charge in [-0.2, -0.15) is 0 Å². The highest BCUT2D eigenvalue weighted by molar-refractivity contribution is 5.76. The zero-order valence-corrected chi connectivity index (χ0v) is 56.8. The third-order valence-electron chi connectivity index (χ3n) is 18.7. The Balaban J connectivity index is 1.36. The molecule has 17 unspecified atom stereocenters. The highest BCUT2D eigenvalue weighted by atomic mass is 16.8. The van der Waals surface area contributed by atoms with Gasteiger partial charge in [0, 0.05) is 6.42 Å². The summed E-state index contributed by atoms with van der Waals surface area (Å²) in [5, 5.41) is 121. The Bertz CT molecular complexity index is 1750. The smallest absolute Gasteiger partial charge is 0.220 e. The van der Waals surface area contributed by atoms with Gasteiger partial charge in [0.2, 0.25) is 5.91 Å². The van der Waals surface area contributed by atoms with E-state index in [1.165, 1.54) is 225 Å². The van der Waals surface area contributed by atoms with Crippen LogP contribution in [0.5, 0.6) is 0 Å². The van der Waals surface area contributed by atoms with Crippen molar-refractivity contribution in [1.82, 2.24) is 5.32 Å². The molecule has 1 amide bonds. The van der Waals surface area contributed by atoms with E-state index < -0.39 is 124 Å². The first-order valence-electron chi connectivity index (χ1n) is 37.1. The number of hydrogen-bond donors (Lipinski definition) is 12. The molecule has 3 fully saturated rings. The summed E-state index contributed by atoms with van der Waals surface area (Å²) in [6.07, 6.45) is 36.0. The van der Waals surface area contributed by atoms with E-state index >= 15 is 0 Å². The van der Waals surface area contributed by atoms with Crippen molar-refractivity contribution in [2.75, 3.05) is 26.4 Å². The molecule has 3 rings (SSSR count). The lowest BCUT2D eigenvalue weighted by molar-refractivity contribution is -0.379. The van der Waals surface area contributed by atoms with E-state index in [0.29, 0.717) is 6.42 Å². The number of carbonyl (C=O) groups excluding carboxylic acids is 1. The first kappa shape index (κ1) is 83.5. The minimum atomic E-state index is -1.98. The SMILES string of the molecule is CCCCCCCCCC/C=C\CCCCCCCCCCCCCCCCCCCCCC(=O)NC(COC1OC(CO)C(OC2OC(CO)C(OC3OC(CO)C(O)C(O)C3O)C(O)C2O)C(O)C1O)C(O)/C=C/CCCCCCCCCCCCCCC. The Hall–Kier alpha value is -1.73. The summed E-state index contributed by atoms with van der Waals surface area (Å²) in [5.74, 6) is -0.270. The molecule has 536 valence electrons. The number of unbranched alkanes of at least 4 members (excludes halogenated alkanes) is 40. The van der Waals surface area contributed by atoms with Crippen LogP contribution in [0.25, 0.3) is 0 Å². The number of carbonyl (C=O) groups is 1. The van der Waals surface area contributed by atoms with E-state index in [4.69, 9.17) is 28.4 Å². The average Bonchev–Trinajstić information content (AvgIpc) is 0.876. The van der Waals surface area contributed by atoms with Crippen LogP contribution in [0.3, 0.4) is 0 Å². The number of ether oxygens (including phenoxy) is 6. The van der Waals surface area contributed by atoms with E-state index in [9.17, 15) is 61.0 Å². The maximum Gasteiger partial charge on any atom is 0.220 e. The molecule has 3 saturated heterocycles. The molecule has 3 heterocycles. The van der Waals surface area contributed by atoms with Gasteiger partial charge in [-0.3, -0.25) is 4.79 Å². The first-order valence-corrected chi connectivity index (χ1v) is 37.1. The second kappa shape index (κ2) is 54.3. The average molecular weight is 1300 g/mol. The van der Waals surface area contributed by atoms with Gasteiger partial charge < -0.3 is 89.9 Å². The molecule has 0 aromatic carbocycles. The number of aliphatic hydroxyl groups is 11. The lowest BCUT2D eigenvalue weighted by Crippen LogP contribution is -2.66. The minimum Gasteiger partial charge on any atom is -0.394 e. The number of aliphatic hydroxyl groups excluding tert-OH is 11. The molecule has 0 radical (unpaired) electrons. The Morgan fingerprint density at radius 1 is 0.385 bits per heavy atom. The number of amides is 1. The fourth-order valence-electron chi connectivity index (χ4n) is 12.7. The van der Waals surface area contributed by atoms with Crippen LogP contribution in [0.15, 0.2) is 24.3 Å². The normalized spacial score (nSPS) is 27.9. The van der Waals surface area contributed by atoms with Crippen molar-refractivity contribution in [3.63, 3.8) is 0 Å². The highest BCUT2D eigenvalue weighted by Crippen LogP contribution is 2.33. The molecular weight excluding hydrogens is 1170 g/mol. The van der Waals surface area contributed by atoms with Crippen molar-refractivity contribution in [3.8, 4) is 0 Å². The molecule has 0 aromatic heterocycles. The van der Waals surface area contributed by atoms with Gasteiger partial charge in [-0.15, -0.1) is 0 Å². The summed E-state index contributed by atoms with van der Waals surface area (Å²) in [4.78, 5) is 13.4. The molecule has 91 heavy (non-hydrogen) atoms. The summed E-state index contributed by atoms with van der Waals surface area (Å²) in [7, 11) is 0. The van der Waals surface area contributed by atoms with Gasteiger partial charge >= 0.3 is 0 Å². The highest BCUT2D eigenvalue weighted by Gasteiger charge is 2.53. The molecule has 0 spiro atoms. The zero-order chi connectivity index (χ0) is 66.1. The van der Waals surface area contributed by atoms with Gasteiger partial charge in [0.05, 0.1) is 38.6 Å². The van der Waals surface area contributed by atoms with Gasteiger partial charge in [-0.1, -0.05) is 269 Å². The summed E-state index contributed by atoms with van der Waals surface area (Å²) in [5.41, 5.74) is 0. The summed E-state index contributed by atoms with van der Waals surface area (Å²) in [6, 6.07) is -0.970. The van der Waals surface area contributed by atoms with Crippen LogP contribution in [0.2, 0.25) is 0 Å². The van der Waals surface area contributed by atoms with Gasteiger partial charge in [-0.25, -0.2) is 0 Å². The molecule has 0 bridgehead atoms. The van der Waals surface area contributed by atoms with E-state index in [1.807, 2.05) is 6.08 Å². The van der Waals surface area contributed by atoms with Crippen LogP contribution in [-0.4, -0.2) is 193 Å². The third-order valence-corrected chi connectivity index (χ3v) is 18.7. The predicted octanol–water partition coefficient (Wildman–Crippen LogP) is 10.6. The quantitative estimate of drug-likeness (QED) is 0.0199. The Morgan fingerprint density at radius 3 is 1.07 bits per heavy atom. The molecule has 19 nitrogen and oxygen atoms in total. The second-order valence-electron chi connectivity index (χ2n) is 26.8. The molecular formula is C72H135NO18. The standard InChI is InChI=1S/C72H135NO18/c1-3-5-7-9-11-13-15-17-19-20-21-22-23-24-25-26-27-28-29-30-31-32-33-34-36-38-40-42-44-46-48-50-60(78)73-55(56(77)49-47-45-43-41-39-37-35-18-16-14-12-10-8-6-4-2)54-86-70-66(84)63(81)68(58(52-75)88-70)91-72-67(85)64(82)69(59(53-76)89-72)90-71-65(83)62(80)61(79)57(51-74)87-71/h20-21,47,49,55-59,61-72,74-77,79-85H,3-19,22-46,48,50-54H2,1-2H3,(H,73,78)/b21-20-,49-47+. The van der Waals surface area contributed by atoms with Gasteiger partial charge in [0.25, 0.3) is 0 Å². The lowest BCUT2D eigenvalue weighted by atomic mass is 9.96. The fourth-order valence-corrected chi connectivity index (χ4v) is 12.7. The third kappa shape index (κ3) is 35.9. The molecule has 0 aromatic rings. The van der Waals surface area contributed by atoms with Crippen LogP contribution in [-0.2, 0) is 33.2 Å². The molecule has 17 atom stereocenters. The lowest BCUT2D eigenvalue weighted by Gasteiger charge is -2.48.